The first-order valence-electron chi connectivity index (χ1n) is 11.1. The number of hydrogen-bond acceptors (Lipinski definition) is 8. The molecule has 1 fully saturated rings. The first kappa shape index (κ1) is 22.0. The lowest BCUT2D eigenvalue weighted by molar-refractivity contribution is 0.102. The first-order chi connectivity index (χ1) is 17.0. The smallest absolute Gasteiger partial charge is 0.255 e. The third-order valence-electron chi connectivity index (χ3n) is 6.00. The molecule has 0 spiro atoms. The van der Waals surface area contributed by atoms with E-state index < -0.39 is 5.41 Å². The highest BCUT2D eigenvalue weighted by Crippen LogP contribution is 2.46. The van der Waals surface area contributed by atoms with Crippen molar-refractivity contribution in [1.82, 2.24) is 24.7 Å². The average Bonchev–Trinajstić information content (AvgIpc) is 3.57. The summed E-state index contributed by atoms with van der Waals surface area (Å²) in [6.45, 7) is 1.98. The van der Waals surface area contributed by atoms with Crippen LogP contribution in [0.15, 0.2) is 61.2 Å². The Kier molecular flexibility index (Phi) is 5.58. The topological polar surface area (TPSA) is 133 Å². The highest BCUT2D eigenvalue weighted by Gasteiger charge is 2.46. The number of rotatable bonds is 7. The fraction of sp³-hybridized carbons (Fsp3) is 0.200. The highest BCUT2D eigenvalue weighted by molar-refractivity contribution is 6.04. The third kappa shape index (κ3) is 4.39. The van der Waals surface area contributed by atoms with Gasteiger partial charge in [-0.2, -0.15) is 15.0 Å². The van der Waals surface area contributed by atoms with Gasteiger partial charge in [0.2, 0.25) is 0 Å². The van der Waals surface area contributed by atoms with Crippen molar-refractivity contribution in [2.24, 2.45) is 0 Å². The van der Waals surface area contributed by atoms with E-state index in [1.54, 1.807) is 42.3 Å². The zero-order valence-electron chi connectivity index (χ0n) is 19.3. The maximum Gasteiger partial charge on any atom is 0.255 e. The zero-order valence-corrected chi connectivity index (χ0v) is 19.3. The normalized spacial score (nSPS) is 13.5. The van der Waals surface area contributed by atoms with Crippen LogP contribution in [0, 0.1) is 18.3 Å². The van der Waals surface area contributed by atoms with Gasteiger partial charge in [-0.25, -0.2) is 9.97 Å². The molecule has 0 saturated heterocycles. The molecule has 10 heteroatoms. The summed E-state index contributed by atoms with van der Waals surface area (Å²) in [7, 11) is 1.79. The molecule has 0 unspecified atom stereocenters. The molecule has 174 valence electrons. The molecule has 1 aliphatic carbocycles. The number of aromatic nitrogens is 5. The average molecular weight is 466 g/mol. The van der Waals surface area contributed by atoms with Gasteiger partial charge in [-0.1, -0.05) is 6.07 Å². The molecule has 0 atom stereocenters. The second-order valence-electron chi connectivity index (χ2n) is 8.37. The van der Waals surface area contributed by atoms with Crippen molar-refractivity contribution in [1.29, 1.82) is 5.26 Å². The van der Waals surface area contributed by atoms with E-state index in [0.29, 0.717) is 34.4 Å². The lowest BCUT2D eigenvalue weighted by Crippen LogP contribution is -2.14. The van der Waals surface area contributed by atoms with Crippen LogP contribution in [-0.4, -0.2) is 37.7 Å². The monoisotopic (exact) mass is 465 g/mol. The van der Waals surface area contributed by atoms with Gasteiger partial charge in [0.25, 0.3) is 5.91 Å². The third-order valence-corrected chi connectivity index (χ3v) is 6.00. The second kappa shape index (κ2) is 8.87. The number of aryl methyl sites for hydroxylation is 1. The van der Waals surface area contributed by atoms with Crippen LogP contribution in [0.2, 0.25) is 0 Å². The fourth-order valence-corrected chi connectivity index (χ4v) is 3.74. The summed E-state index contributed by atoms with van der Waals surface area (Å²) in [6.07, 6.45) is 6.28. The molecule has 10 nitrogen and oxygen atoms in total. The highest BCUT2D eigenvalue weighted by atomic mass is 16.1. The van der Waals surface area contributed by atoms with Gasteiger partial charge in [0.1, 0.15) is 18.0 Å². The van der Waals surface area contributed by atoms with Gasteiger partial charge in [0, 0.05) is 42.3 Å². The Morgan fingerprint density at radius 2 is 1.94 bits per heavy atom. The predicted molar refractivity (Wildman–Crippen MR) is 132 cm³/mol. The van der Waals surface area contributed by atoms with Crippen LogP contribution in [0.25, 0.3) is 5.82 Å². The van der Waals surface area contributed by atoms with Gasteiger partial charge >= 0.3 is 0 Å². The number of benzene rings is 1. The van der Waals surface area contributed by atoms with Crippen LogP contribution in [0.4, 0.5) is 23.0 Å². The van der Waals surface area contributed by atoms with E-state index in [4.69, 9.17) is 0 Å². The fourth-order valence-electron chi connectivity index (χ4n) is 3.74. The van der Waals surface area contributed by atoms with Crippen molar-refractivity contribution in [3.8, 4) is 11.9 Å². The van der Waals surface area contributed by atoms with E-state index in [-0.39, 0.29) is 5.91 Å². The van der Waals surface area contributed by atoms with Crippen LogP contribution in [0.5, 0.6) is 0 Å². The van der Waals surface area contributed by atoms with E-state index in [1.165, 1.54) is 6.33 Å². The molecule has 5 rings (SSSR count). The van der Waals surface area contributed by atoms with E-state index in [9.17, 15) is 10.1 Å². The number of nitriles is 1. The van der Waals surface area contributed by atoms with E-state index >= 15 is 0 Å². The molecular formula is C25H23N9O. The standard InChI is InChI=1S/C25H23N9O/c1-16-3-4-18(32-24(35)17-5-9-28-20(11-17)25(14-26)7-8-25)12-19(16)33-22-6-10-31-34(22)23-13-21(27-2)29-15-30-23/h3-6,9-13,15,33H,7-8H2,1-2H3,(H,32,35)(H,27,29,30). The minimum absolute atomic E-state index is 0.261. The minimum atomic E-state index is -0.544. The van der Waals surface area contributed by atoms with Gasteiger partial charge in [-0.05, 0) is 49.6 Å². The van der Waals surface area contributed by atoms with Crippen molar-refractivity contribution in [2.45, 2.75) is 25.2 Å². The Bertz CT molecular complexity index is 1450. The summed E-state index contributed by atoms with van der Waals surface area (Å²) in [5.74, 6) is 1.74. The van der Waals surface area contributed by atoms with E-state index in [2.05, 4.69) is 42.1 Å². The van der Waals surface area contributed by atoms with Crippen LogP contribution >= 0.6 is 0 Å². The Labute approximate surface area is 202 Å². The van der Waals surface area contributed by atoms with Crippen molar-refractivity contribution in [2.75, 3.05) is 23.0 Å². The summed E-state index contributed by atoms with van der Waals surface area (Å²) in [6, 6.07) is 15.0. The zero-order chi connectivity index (χ0) is 24.4. The molecule has 3 N–H and O–H groups in total. The molecule has 35 heavy (non-hydrogen) atoms. The molecule has 0 aliphatic heterocycles. The van der Waals surface area contributed by atoms with Crippen LogP contribution < -0.4 is 16.0 Å². The SMILES string of the molecule is CNc1cc(-n2nccc2Nc2cc(NC(=O)c3ccnc(C4(C#N)CC4)c3)ccc2C)ncn1. The van der Waals surface area contributed by atoms with Crippen LogP contribution in [0.3, 0.4) is 0 Å². The molecular weight excluding hydrogens is 442 g/mol. The summed E-state index contributed by atoms with van der Waals surface area (Å²) in [5, 5.41) is 23.1. The molecule has 1 saturated carbocycles. The quantitative estimate of drug-likeness (QED) is 0.373. The number of nitrogens with one attached hydrogen (secondary N) is 3. The lowest BCUT2D eigenvalue weighted by atomic mass is 10.0. The van der Waals surface area contributed by atoms with Crippen LogP contribution in [0.1, 0.15) is 34.5 Å². The maximum absolute atomic E-state index is 12.9. The molecule has 0 bridgehead atoms. The van der Waals surface area contributed by atoms with Gasteiger partial charge < -0.3 is 16.0 Å². The lowest BCUT2D eigenvalue weighted by Gasteiger charge is -2.14. The van der Waals surface area contributed by atoms with E-state index in [1.807, 2.05) is 31.2 Å². The molecule has 1 amide bonds. The number of carbonyl (C=O) groups excluding carboxylic acids is 1. The Morgan fingerprint density at radius 3 is 2.71 bits per heavy atom. The summed E-state index contributed by atoms with van der Waals surface area (Å²) in [5.41, 5.74) is 3.01. The number of pyridine rings is 1. The number of hydrogen-bond donors (Lipinski definition) is 3. The Balaban J connectivity index is 1.36. The number of amides is 1. The molecule has 1 aromatic carbocycles. The number of carbonyl (C=O) groups is 1. The number of anilines is 4. The molecule has 3 aromatic heterocycles. The summed E-state index contributed by atoms with van der Waals surface area (Å²) < 4.78 is 1.68. The minimum Gasteiger partial charge on any atom is -0.373 e. The number of nitrogens with zero attached hydrogens (tertiary/aromatic N) is 6. The molecule has 1 aliphatic rings. The summed E-state index contributed by atoms with van der Waals surface area (Å²) in [4.78, 5) is 25.7. The molecule has 4 aromatic rings. The van der Waals surface area contributed by atoms with Crippen LogP contribution in [-0.2, 0) is 5.41 Å². The van der Waals surface area contributed by atoms with Crippen molar-refractivity contribution >= 4 is 28.9 Å². The maximum atomic E-state index is 12.9. The second-order valence-corrected chi connectivity index (χ2v) is 8.37. The largest absolute Gasteiger partial charge is 0.373 e. The Hall–Kier alpha value is -4.78. The molecule has 3 heterocycles. The summed E-state index contributed by atoms with van der Waals surface area (Å²) >= 11 is 0. The Morgan fingerprint density at radius 1 is 1.09 bits per heavy atom. The van der Waals surface area contributed by atoms with Gasteiger partial charge in [-0.15, -0.1) is 0 Å². The van der Waals surface area contributed by atoms with Crippen molar-refractivity contribution < 1.29 is 4.79 Å². The first-order valence-corrected chi connectivity index (χ1v) is 11.1. The van der Waals surface area contributed by atoms with Gasteiger partial charge in [-0.3, -0.25) is 9.78 Å². The van der Waals surface area contributed by atoms with Gasteiger partial charge in [0.15, 0.2) is 5.82 Å². The molecule has 0 radical (unpaired) electrons. The van der Waals surface area contributed by atoms with E-state index in [0.717, 1.165) is 24.1 Å². The van der Waals surface area contributed by atoms with Crippen molar-refractivity contribution in [3.05, 3.63) is 78.0 Å². The predicted octanol–water partition coefficient (Wildman–Crippen LogP) is 3.96. The van der Waals surface area contributed by atoms with Gasteiger partial charge in [0.05, 0.1) is 23.4 Å². The van der Waals surface area contributed by atoms with Crippen molar-refractivity contribution in [3.63, 3.8) is 0 Å².